The van der Waals surface area contributed by atoms with Crippen LogP contribution in [-0.4, -0.2) is 57.5 Å². The van der Waals surface area contributed by atoms with E-state index < -0.39 is 9.84 Å². The molecule has 0 aliphatic heterocycles. The molecule has 4 nitrogen and oxygen atoms in total. The van der Waals surface area contributed by atoms with Gasteiger partial charge in [0.15, 0.2) is 0 Å². The summed E-state index contributed by atoms with van der Waals surface area (Å²) in [4.78, 5) is 2.34. The van der Waals surface area contributed by atoms with Gasteiger partial charge in [-0.3, -0.25) is 0 Å². The minimum Gasteiger partial charge on any atom is -0.312 e. The Morgan fingerprint density at radius 2 is 1.80 bits per heavy atom. The van der Waals surface area contributed by atoms with Crippen molar-refractivity contribution in [2.24, 2.45) is 0 Å². The Balaban J connectivity index is 2.86. The van der Waals surface area contributed by atoms with E-state index in [1.54, 1.807) is 0 Å². The second-order valence-corrected chi connectivity index (χ2v) is 8.74. The van der Waals surface area contributed by atoms with Crippen molar-refractivity contribution in [3.63, 3.8) is 0 Å². The predicted molar refractivity (Wildman–Crippen MR) is 85.9 cm³/mol. The van der Waals surface area contributed by atoms with Crippen LogP contribution in [-0.2, 0) is 9.84 Å². The van der Waals surface area contributed by atoms with Crippen molar-refractivity contribution in [2.75, 3.05) is 32.6 Å². The van der Waals surface area contributed by atoms with Gasteiger partial charge in [-0.05, 0) is 46.3 Å². The molecule has 0 heterocycles. The van der Waals surface area contributed by atoms with E-state index in [1.165, 1.54) is 38.4 Å². The maximum atomic E-state index is 11.5. The molecule has 1 unspecified atom stereocenters. The topological polar surface area (TPSA) is 49.4 Å². The normalized spacial score (nSPS) is 21.1. The molecule has 1 fully saturated rings. The van der Waals surface area contributed by atoms with E-state index in [-0.39, 0.29) is 17.3 Å². The van der Waals surface area contributed by atoms with Crippen molar-refractivity contribution in [2.45, 2.75) is 63.5 Å². The first-order chi connectivity index (χ1) is 9.32. The Bertz CT molecular complexity index is 373. The van der Waals surface area contributed by atoms with Crippen LogP contribution >= 0.6 is 0 Å². The monoisotopic (exact) mass is 304 g/mol. The molecular weight excluding hydrogens is 272 g/mol. The van der Waals surface area contributed by atoms with Gasteiger partial charge >= 0.3 is 0 Å². The number of likely N-dealkylation sites (N-methyl/N-ethyl adjacent to an activating group) is 1. The minimum absolute atomic E-state index is 0.123. The fraction of sp³-hybridized carbons (Fsp3) is 1.00. The summed E-state index contributed by atoms with van der Waals surface area (Å²) in [6.45, 7) is 3.12. The number of sulfone groups is 1. The van der Waals surface area contributed by atoms with Gasteiger partial charge in [-0.2, -0.15) is 0 Å². The Labute approximate surface area is 125 Å². The molecule has 0 bridgehead atoms. The van der Waals surface area contributed by atoms with Crippen molar-refractivity contribution in [3.8, 4) is 0 Å². The Morgan fingerprint density at radius 3 is 2.25 bits per heavy atom. The number of hydrogen-bond acceptors (Lipinski definition) is 4. The zero-order chi connectivity index (χ0) is 15.2. The largest absolute Gasteiger partial charge is 0.312 e. The first-order valence-electron chi connectivity index (χ1n) is 7.90. The molecule has 0 saturated heterocycles. The highest BCUT2D eigenvalue weighted by atomic mass is 32.2. The average Bonchev–Trinajstić information content (AvgIpc) is 2.38. The molecule has 1 aliphatic carbocycles. The summed E-state index contributed by atoms with van der Waals surface area (Å²) >= 11 is 0. The lowest BCUT2D eigenvalue weighted by molar-refractivity contribution is 0.0556. The van der Waals surface area contributed by atoms with Crippen molar-refractivity contribution < 1.29 is 8.42 Å². The number of nitrogens with zero attached hydrogens (tertiary/aromatic N) is 1. The number of nitrogens with one attached hydrogen (secondary N) is 1. The van der Waals surface area contributed by atoms with Gasteiger partial charge < -0.3 is 10.2 Å². The highest BCUT2D eigenvalue weighted by Crippen LogP contribution is 2.36. The molecule has 0 amide bonds. The van der Waals surface area contributed by atoms with E-state index in [9.17, 15) is 8.42 Å². The van der Waals surface area contributed by atoms with Gasteiger partial charge in [-0.15, -0.1) is 0 Å². The van der Waals surface area contributed by atoms with Gasteiger partial charge in [0.1, 0.15) is 9.84 Å². The predicted octanol–water partition coefficient (Wildman–Crippen LogP) is 2.05. The van der Waals surface area contributed by atoms with Crippen LogP contribution in [0.5, 0.6) is 0 Å². The van der Waals surface area contributed by atoms with Crippen LogP contribution < -0.4 is 5.32 Å². The van der Waals surface area contributed by atoms with Gasteiger partial charge in [0.05, 0.1) is 5.75 Å². The summed E-state index contributed by atoms with van der Waals surface area (Å²) in [7, 11) is 1.40. The molecule has 0 aromatic rings. The van der Waals surface area contributed by atoms with Gasteiger partial charge in [0.25, 0.3) is 0 Å². The SMILES string of the molecule is CCCNC(CCS(C)(=O)=O)C1(N(C)C)CCCCC1. The van der Waals surface area contributed by atoms with Crippen LogP contribution in [0.2, 0.25) is 0 Å². The third-order valence-electron chi connectivity index (χ3n) is 4.68. The molecule has 1 N–H and O–H groups in total. The molecule has 20 heavy (non-hydrogen) atoms. The molecule has 1 rings (SSSR count). The Kier molecular flexibility index (Phi) is 6.95. The summed E-state index contributed by atoms with van der Waals surface area (Å²) in [5.41, 5.74) is 0.123. The number of hydrogen-bond donors (Lipinski definition) is 1. The summed E-state index contributed by atoms with van der Waals surface area (Å²) < 4.78 is 23.1. The third-order valence-corrected chi connectivity index (χ3v) is 5.65. The highest BCUT2D eigenvalue weighted by Gasteiger charge is 2.41. The average molecular weight is 305 g/mol. The zero-order valence-electron chi connectivity index (χ0n) is 13.6. The van der Waals surface area contributed by atoms with Crippen LogP contribution in [0.3, 0.4) is 0 Å². The fourth-order valence-electron chi connectivity index (χ4n) is 3.48. The van der Waals surface area contributed by atoms with E-state index >= 15 is 0 Å². The molecular formula is C15H32N2O2S. The van der Waals surface area contributed by atoms with Crippen molar-refractivity contribution in [1.29, 1.82) is 0 Å². The van der Waals surface area contributed by atoms with Crippen LogP contribution in [0.4, 0.5) is 0 Å². The lowest BCUT2D eigenvalue weighted by atomic mass is 9.74. The van der Waals surface area contributed by atoms with Crippen LogP contribution in [0.15, 0.2) is 0 Å². The summed E-state index contributed by atoms with van der Waals surface area (Å²) in [5.74, 6) is 0.282. The molecule has 1 aliphatic rings. The smallest absolute Gasteiger partial charge is 0.147 e. The zero-order valence-corrected chi connectivity index (χ0v) is 14.4. The second kappa shape index (κ2) is 7.76. The highest BCUT2D eigenvalue weighted by molar-refractivity contribution is 7.90. The van der Waals surface area contributed by atoms with Crippen molar-refractivity contribution >= 4 is 9.84 Å². The van der Waals surface area contributed by atoms with Crippen LogP contribution in [0, 0.1) is 0 Å². The maximum Gasteiger partial charge on any atom is 0.147 e. The van der Waals surface area contributed by atoms with Gasteiger partial charge in [0, 0.05) is 17.8 Å². The van der Waals surface area contributed by atoms with E-state index in [0.717, 1.165) is 19.4 Å². The summed E-state index contributed by atoms with van der Waals surface area (Å²) in [6.07, 6.45) is 9.30. The molecule has 5 heteroatoms. The van der Waals surface area contributed by atoms with E-state index in [4.69, 9.17) is 0 Å². The van der Waals surface area contributed by atoms with Gasteiger partial charge in [-0.25, -0.2) is 8.42 Å². The molecule has 1 atom stereocenters. The second-order valence-electron chi connectivity index (χ2n) is 6.48. The lowest BCUT2D eigenvalue weighted by Crippen LogP contribution is -2.60. The molecule has 0 radical (unpaired) electrons. The molecule has 0 aromatic carbocycles. The molecule has 1 saturated carbocycles. The quantitative estimate of drug-likeness (QED) is 0.746. The lowest BCUT2D eigenvalue weighted by Gasteiger charge is -2.49. The van der Waals surface area contributed by atoms with E-state index in [1.807, 2.05) is 0 Å². The van der Waals surface area contributed by atoms with Crippen LogP contribution in [0.25, 0.3) is 0 Å². The number of rotatable bonds is 8. The van der Waals surface area contributed by atoms with Crippen molar-refractivity contribution in [3.05, 3.63) is 0 Å². The third kappa shape index (κ3) is 5.01. The van der Waals surface area contributed by atoms with Gasteiger partial charge in [0.2, 0.25) is 0 Å². The fourth-order valence-corrected chi connectivity index (χ4v) is 4.15. The Hall–Kier alpha value is -0.130. The first-order valence-corrected chi connectivity index (χ1v) is 9.96. The molecule has 0 aromatic heterocycles. The van der Waals surface area contributed by atoms with Gasteiger partial charge in [-0.1, -0.05) is 26.2 Å². The first kappa shape index (κ1) is 17.9. The summed E-state index contributed by atoms with van der Waals surface area (Å²) in [5, 5.41) is 3.63. The minimum atomic E-state index is -2.89. The Morgan fingerprint density at radius 1 is 1.20 bits per heavy atom. The van der Waals surface area contributed by atoms with Crippen molar-refractivity contribution in [1.82, 2.24) is 10.2 Å². The summed E-state index contributed by atoms with van der Waals surface area (Å²) in [6, 6.07) is 0.271. The maximum absolute atomic E-state index is 11.5. The van der Waals surface area contributed by atoms with E-state index in [0.29, 0.717) is 0 Å². The van der Waals surface area contributed by atoms with E-state index in [2.05, 4.69) is 31.2 Å². The molecule has 0 spiro atoms. The molecule has 120 valence electrons. The standard InChI is InChI=1S/C15H32N2O2S/c1-5-12-16-14(9-13-20(4,18)19)15(17(2)3)10-7-6-8-11-15/h14,16H,5-13H2,1-4H3. The van der Waals surface area contributed by atoms with Crippen LogP contribution in [0.1, 0.15) is 51.9 Å².